The third kappa shape index (κ3) is 4.20. The molecule has 0 unspecified atom stereocenters. The van der Waals surface area contributed by atoms with E-state index in [0.29, 0.717) is 23.6 Å². The minimum absolute atomic E-state index is 0.294. The molecule has 0 aliphatic carbocycles. The van der Waals surface area contributed by atoms with Crippen LogP contribution in [-0.4, -0.2) is 38.8 Å². The van der Waals surface area contributed by atoms with Gasteiger partial charge in [0.05, 0.1) is 6.10 Å². The third-order valence-corrected chi connectivity index (χ3v) is 4.98. The zero-order valence-corrected chi connectivity index (χ0v) is 15.9. The Bertz CT molecular complexity index is 936. The molecule has 0 amide bonds. The summed E-state index contributed by atoms with van der Waals surface area (Å²) in [6.07, 6.45) is 10.0. The van der Waals surface area contributed by atoms with Crippen LogP contribution in [0.3, 0.4) is 0 Å². The van der Waals surface area contributed by atoms with Crippen LogP contribution in [0.15, 0.2) is 42.9 Å². The van der Waals surface area contributed by atoms with E-state index >= 15 is 0 Å². The second-order valence-electron chi connectivity index (χ2n) is 7.03. The van der Waals surface area contributed by atoms with Gasteiger partial charge in [-0.15, -0.1) is 0 Å². The number of ether oxygens (including phenoxy) is 1. The monoisotopic (exact) mass is 381 g/mol. The van der Waals surface area contributed by atoms with E-state index in [-0.39, 0.29) is 5.82 Å². The Balaban J connectivity index is 1.58. The Labute approximate surface area is 163 Å². The van der Waals surface area contributed by atoms with Crippen molar-refractivity contribution in [3.05, 3.63) is 48.7 Å². The molecule has 4 rings (SSSR count). The van der Waals surface area contributed by atoms with Crippen LogP contribution in [-0.2, 0) is 11.8 Å². The minimum atomic E-state index is -0.294. The summed E-state index contributed by atoms with van der Waals surface area (Å²) in [7, 11) is 1.91. The molecular formula is C21H24FN5O. The molecule has 6 nitrogen and oxygen atoms in total. The fourth-order valence-corrected chi connectivity index (χ4v) is 3.48. The highest BCUT2D eigenvalue weighted by molar-refractivity contribution is 5.78. The number of aromatic nitrogens is 4. The summed E-state index contributed by atoms with van der Waals surface area (Å²) in [5.41, 5.74) is 2.14. The van der Waals surface area contributed by atoms with Crippen LogP contribution in [0, 0.1) is 5.82 Å². The first kappa shape index (κ1) is 18.6. The fourth-order valence-electron chi connectivity index (χ4n) is 3.48. The maximum Gasteiger partial charge on any atom is 0.223 e. The first-order chi connectivity index (χ1) is 13.7. The largest absolute Gasteiger partial charge is 0.378 e. The van der Waals surface area contributed by atoms with Crippen molar-refractivity contribution in [2.45, 2.75) is 31.8 Å². The molecule has 0 radical (unpaired) electrons. The molecule has 1 aliphatic rings. The number of aryl methyl sites for hydroxylation is 1. The highest BCUT2D eigenvalue weighted by Crippen LogP contribution is 2.30. The van der Waals surface area contributed by atoms with E-state index in [2.05, 4.69) is 15.3 Å². The fraction of sp³-hybridized carbons (Fsp3) is 0.381. The Morgan fingerprint density at radius 1 is 1.29 bits per heavy atom. The molecule has 0 saturated carbocycles. The van der Waals surface area contributed by atoms with Gasteiger partial charge >= 0.3 is 0 Å². The highest BCUT2D eigenvalue weighted by atomic mass is 19.1. The summed E-state index contributed by atoms with van der Waals surface area (Å²) < 4.78 is 21.4. The molecule has 146 valence electrons. The van der Waals surface area contributed by atoms with Crippen molar-refractivity contribution in [3.63, 3.8) is 0 Å². The van der Waals surface area contributed by atoms with Gasteiger partial charge in [0.25, 0.3) is 0 Å². The van der Waals surface area contributed by atoms with Crippen molar-refractivity contribution in [2.24, 2.45) is 7.05 Å². The van der Waals surface area contributed by atoms with Crippen molar-refractivity contribution in [1.82, 2.24) is 19.5 Å². The van der Waals surface area contributed by atoms with Crippen LogP contribution < -0.4 is 5.32 Å². The Kier molecular flexibility index (Phi) is 5.62. The maximum atomic E-state index is 13.7. The van der Waals surface area contributed by atoms with Gasteiger partial charge in [-0.25, -0.2) is 19.3 Å². The average molecular weight is 381 g/mol. The van der Waals surface area contributed by atoms with Gasteiger partial charge in [-0.2, -0.15) is 0 Å². The molecule has 1 aromatic carbocycles. The number of benzene rings is 1. The molecule has 2 aromatic heterocycles. The second kappa shape index (κ2) is 8.48. The quantitative estimate of drug-likeness (QED) is 0.698. The van der Waals surface area contributed by atoms with Crippen molar-refractivity contribution in [3.8, 4) is 22.6 Å². The Hall–Kier alpha value is -2.80. The predicted octanol–water partition coefficient (Wildman–Crippen LogP) is 4.05. The first-order valence-electron chi connectivity index (χ1n) is 9.67. The van der Waals surface area contributed by atoms with E-state index in [1.807, 2.05) is 23.9 Å². The molecule has 3 heterocycles. The normalized spacial score (nSPS) is 16.9. The van der Waals surface area contributed by atoms with Crippen molar-refractivity contribution < 1.29 is 9.13 Å². The lowest BCUT2D eigenvalue weighted by Gasteiger charge is -2.22. The Morgan fingerprint density at radius 3 is 2.96 bits per heavy atom. The number of hydrogen-bond donors (Lipinski definition) is 1. The number of rotatable bonds is 6. The van der Waals surface area contributed by atoms with E-state index in [4.69, 9.17) is 9.72 Å². The molecule has 0 spiro atoms. The SMILES string of the molecule is Cn1ccnc1-c1nc(NCC[C@H]2CCCCO2)ncc1-c1cccc(F)c1. The van der Waals surface area contributed by atoms with Gasteiger partial charge in [0, 0.05) is 44.4 Å². The van der Waals surface area contributed by atoms with Crippen LogP contribution in [0.5, 0.6) is 0 Å². The molecule has 7 heteroatoms. The van der Waals surface area contributed by atoms with Gasteiger partial charge < -0.3 is 14.6 Å². The predicted molar refractivity (Wildman–Crippen MR) is 106 cm³/mol. The molecule has 0 bridgehead atoms. The van der Waals surface area contributed by atoms with E-state index < -0.39 is 0 Å². The van der Waals surface area contributed by atoms with Gasteiger partial charge in [0.1, 0.15) is 11.5 Å². The van der Waals surface area contributed by atoms with Crippen LogP contribution in [0.25, 0.3) is 22.6 Å². The summed E-state index contributed by atoms with van der Waals surface area (Å²) in [5.74, 6) is 0.951. The summed E-state index contributed by atoms with van der Waals surface area (Å²) in [4.78, 5) is 13.6. The molecule has 1 N–H and O–H groups in total. The number of imidazole rings is 1. The Morgan fingerprint density at radius 2 is 2.21 bits per heavy atom. The molecule has 1 aliphatic heterocycles. The summed E-state index contributed by atoms with van der Waals surface area (Å²) in [6.45, 7) is 1.59. The van der Waals surface area contributed by atoms with Gasteiger partial charge in [0.15, 0.2) is 5.82 Å². The summed E-state index contributed by atoms with van der Waals surface area (Å²) in [5, 5.41) is 3.29. The number of hydrogen-bond acceptors (Lipinski definition) is 5. The molecule has 28 heavy (non-hydrogen) atoms. The third-order valence-electron chi connectivity index (χ3n) is 4.98. The molecule has 1 atom stereocenters. The van der Waals surface area contributed by atoms with Gasteiger partial charge in [-0.1, -0.05) is 12.1 Å². The van der Waals surface area contributed by atoms with Crippen LogP contribution in [0.4, 0.5) is 10.3 Å². The van der Waals surface area contributed by atoms with Crippen LogP contribution in [0.1, 0.15) is 25.7 Å². The van der Waals surface area contributed by atoms with E-state index in [1.165, 1.54) is 18.6 Å². The highest BCUT2D eigenvalue weighted by Gasteiger charge is 2.17. The topological polar surface area (TPSA) is 64.9 Å². The zero-order valence-electron chi connectivity index (χ0n) is 15.9. The molecule has 1 fully saturated rings. The van der Waals surface area contributed by atoms with Gasteiger partial charge in [-0.05, 0) is 43.4 Å². The van der Waals surface area contributed by atoms with E-state index in [0.717, 1.165) is 43.5 Å². The number of nitrogens with one attached hydrogen (secondary N) is 1. The van der Waals surface area contributed by atoms with Crippen LogP contribution in [0.2, 0.25) is 0 Å². The summed E-state index contributed by atoms with van der Waals surface area (Å²) >= 11 is 0. The number of anilines is 1. The molecule has 1 saturated heterocycles. The summed E-state index contributed by atoms with van der Waals surface area (Å²) in [6, 6.07) is 6.44. The second-order valence-corrected chi connectivity index (χ2v) is 7.03. The average Bonchev–Trinajstić information content (AvgIpc) is 3.14. The van der Waals surface area contributed by atoms with Gasteiger partial charge in [0.2, 0.25) is 5.95 Å². The smallest absolute Gasteiger partial charge is 0.223 e. The number of halogens is 1. The standard InChI is InChI=1S/C21H24FN5O/c1-27-11-10-23-20(27)19-18(15-5-4-6-16(22)13-15)14-25-21(26-19)24-9-8-17-7-2-3-12-28-17/h4-6,10-11,13-14,17H,2-3,7-9,12H2,1H3,(H,24,25,26)/t17-/m1/s1. The molecule has 3 aromatic rings. The minimum Gasteiger partial charge on any atom is -0.378 e. The lowest BCUT2D eigenvalue weighted by atomic mass is 10.1. The van der Waals surface area contributed by atoms with Crippen LogP contribution >= 0.6 is 0 Å². The van der Waals surface area contributed by atoms with E-state index in [9.17, 15) is 4.39 Å². The number of nitrogens with zero attached hydrogens (tertiary/aromatic N) is 4. The molecular weight excluding hydrogens is 357 g/mol. The van der Waals surface area contributed by atoms with Crippen molar-refractivity contribution in [2.75, 3.05) is 18.5 Å². The van der Waals surface area contributed by atoms with Crippen molar-refractivity contribution >= 4 is 5.95 Å². The maximum absolute atomic E-state index is 13.7. The first-order valence-corrected chi connectivity index (χ1v) is 9.67. The van der Waals surface area contributed by atoms with Crippen molar-refractivity contribution in [1.29, 1.82) is 0 Å². The lowest BCUT2D eigenvalue weighted by molar-refractivity contribution is 0.0134. The van der Waals surface area contributed by atoms with Gasteiger partial charge in [-0.3, -0.25) is 0 Å². The zero-order chi connectivity index (χ0) is 19.3. The lowest BCUT2D eigenvalue weighted by Crippen LogP contribution is -2.22. The van der Waals surface area contributed by atoms with E-state index in [1.54, 1.807) is 18.5 Å².